The lowest BCUT2D eigenvalue weighted by atomic mass is 10.0. The summed E-state index contributed by atoms with van der Waals surface area (Å²) in [5, 5.41) is 0. The van der Waals surface area contributed by atoms with Crippen LogP contribution < -0.4 is 0 Å². The largest absolute Gasteiger partial charge is 0.381 e. The first-order chi connectivity index (χ1) is 8.74. The molecule has 5 heteroatoms. The second-order valence-corrected chi connectivity index (χ2v) is 5.14. The molecule has 3 nitrogen and oxygen atoms in total. The van der Waals surface area contributed by atoms with Crippen molar-refractivity contribution in [3.05, 3.63) is 28.8 Å². The maximum Gasteiger partial charge on any atom is 0.178 e. The first kappa shape index (κ1) is 11.9. The molecule has 0 aliphatic carbocycles. The molecule has 0 radical (unpaired) electrons. The monoisotopic (exact) mass is 266 g/mol. The van der Waals surface area contributed by atoms with E-state index in [4.69, 9.17) is 17.0 Å². The van der Waals surface area contributed by atoms with E-state index in [1.165, 1.54) is 12.1 Å². The molecule has 1 aromatic carbocycles. The zero-order chi connectivity index (χ0) is 12.5. The molecule has 1 aromatic heterocycles. The minimum atomic E-state index is -0.239. The summed E-state index contributed by atoms with van der Waals surface area (Å²) in [7, 11) is 0. The van der Waals surface area contributed by atoms with Gasteiger partial charge in [-0.1, -0.05) is 0 Å². The maximum atomic E-state index is 13.2. The third kappa shape index (κ3) is 2.20. The third-order valence-corrected chi connectivity index (χ3v) is 3.84. The summed E-state index contributed by atoms with van der Waals surface area (Å²) in [6.45, 7) is 2.54. The van der Waals surface area contributed by atoms with Gasteiger partial charge in [0, 0.05) is 19.8 Å². The van der Waals surface area contributed by atoms with E-state index < -0.39 is 0 Å². The van der Waals surface area contributed by atoms with Crippen LogP contribution in [-0.2, 0) is 11.3 Å². The van der Waals surface area contributed by atoms with Gasteiger partial charge in [0.25, 0.3) is 0 Å². The summed E-state index contributed by atoms with van der Waals surface area (Å²) in [5.74, 6) is 0.353. The van der Waals surface area contributed by atoms with Gasteiger partial charge in [0.05, 0.1) is 11.0 Å². The number of H-pyrrole nitrogens is 1. The minimum absolute atomic E-state index is 0.239. The van der Waals surface area contributed by atoms with Gasteiger partial charge in [0.1, 0.15) is 5.82 Å². The van der Waals surface area contributed by atoms with E-state index in [2.05, 4.69) is 9.55 Å². The summed E-state index contributed by atoms with van der Waals surface area (Å²) in [6, 6.07) is 4.76. The zero-order valence-corrected chi connectivity index (χ0v) is 10.8. The highest BCUT2D eigenvalue weighted by molar-refractivity contribution is 7.71. The number of fused-ring (bicyclic) bond motifs is 1. The third-order valence-electron chi connectivity index (χ3n) is 3.52. The summed E-state index contributed by atoms with van der Waals surface area (Å²) in [6.07, 6.45) is 2.13. The average Bonchev–Trinajstić information content (AvgIpc) is 2.66. The Balaban J connectivity index is 1.95. The Morgan fingerprint density at radius 3 is 2.94 bits per heavy atom. The number of halogens is 1. The SMILES string of the molecule is Fc1ccc2c(c1)[nH]c(=S)n2CC1CCOCC1. The predicted octanol–water partition coefficient (Wildman–Crippen LogP) is 3.26. The maximum absolute atomic E-state index is 13.2. The van der Waals surface area contributed by atoms with Crippen LogP contribution in [0, 0.1) is 16.5 Å². The fraction of sp³-hybridized carbons (Fsp3) is 0.462. The molecule has 1 aliphatic heterocycles. The first-order valence-electron chi connectivity index (χ1n) is 6.20. The van der Waals surface area contributed by atoms with Crippen molar-refractivity contribution in [1.29, 1.82) is 0 Å². The van der Waals surface area contributed by atoms with Crippen LogP contribution in [0.15, 0.2) is 18.2 Å². The Kier molecular flexibility index (Phi) is 3.18. The van der Waals surface area contributed by atoms with E-state index in [-0.39, 0.29) is 5.82 Å². The second-order valence-electron chi connectivity index (χ2n) is 4.76. The van der Waals surface area contributed by atoms with E-state index in [0.29, 0.717) is 10.7 Å². The van der Waals surface area contributed by atoms with E-state index >= 15 is 0 Å². The molecule has 2 aromatic rings. The number of aromatic amines is 1. The van der Waals surface area contributed by atoms with Gasteiger partial charge in [-0.3, -0.25) is 0 Å². The van der Waals surface area contributed by atoms with Gasteiger partial charge in [-0.15, -0.1) is 0 Å². The number of benzene rings is 1. The van der Waals surface area contributed by atoms with E-state index in [1.807, 2.05) is 0 Å². The predicted molar refractivity (Wildman–Crippen MR) is 70.6 cm³/mol. The molecular formula is C13H15FN2OS. The van der Waals surface area contributed by atoms with Crippen molar-refractivity contribution in [2.45, 2.75) is 19.4 Å². The van der Waals surface area contributed by atoms with E-state index in [1.54, 1.807) is 6.07 Å². The van der Waals surface area contributed by atoms with Crippen LogP contribution in [0.2, 0.25) is 0 Å². The van der Waals surface area contributed by atoms with Crippen molar-refractivity contribution in [2.24, 2.45) is 5.92 Å². The van der Waals surface area contributed by atoms with Crippen LogP contribution in [0.25, 0.3) is 11.0 Å². The number of hydrogen-bond acceptors (Lipinski definition) is 2. The number of rotatable bonds is 2. The van der Waals surface area contributed by atoms with Crippen LogP contribution in [-0.4, -0.2) is 22.8 Å². The Labute approximate surface area is 110 Å². The zero-order valence-electron chi connectivity index (χ0n) is 9.99. The molecule has 0 unspecified atom stereocenters. The smallest absolute Gasteiger partial charge is 0.178 e. The molecular weight excluding hydrogens is 251 g/mol. The number of imidazole rings is 1. The average molecular weight is 266 g/mol. The van der Waals surface area contributed by atoms with Crippen LogP contribution in [0.4, 0.5) is 4.39 Å². The molecule has 1 aliphatic rings. The highest BCUT2D eigenvalue weighted by Gasteiger charge is 2.16. The molecule has 18 heavy (non-hydrogen) atoms. The number of aromatic nitrogens is 2. The first-order valence-corrected chi connectivity index (χ1v) is 6.60. The van der Waals surface area contributed by atoms with Crippen molar-refractivity contribution in [1.82, 2.24) is 9.55 Å². The van der Waals surface area contributed by atoms with Crippen molar-refractivity contribution >= 4 is 23.3 Å². The summed E-state index contributed by atoms with van der Waals surface area (Å²) in [5.41, 5.74) is 1.75. The molecule has 3 rings (SSSR count). The Bertz CT molecular complexity index is 613. The van der Waals surface area contributed by atoms with Gasteiger partial charge >= 0.3 is 0 Å². The highest BCUT2D eigenvalue weighted by Crippen LogP contribution is 2.21. The normalized spacial score (nSPS) is 17.4. The van der Waals surface area contributed by atoms with Crippen molar-refractivity contribution in [2.75, 3.05) is 13.2 Å². The van der Waals surface area contributed by atoms with E-state index in [0.717, 1.165) is 43.6 Å². The molecule has 0 spiro atoms. The van der Waals surface area contributed by atoms with Crippen LogP contribution in [0.5, 0.6) is 0 Å². The Hall–Kier alpha value is -1.20. The Morgan fingerprint density at radius 1 is 1.39 bits per heavy atom. The number of nitrogens with zero attached hydrogens (tertiary/aromatic N) is 1. The van der Waals surface area contributed by atoms with Gasteiger partial charge in [-0.25, -0.2) is 4.39 Å². The highest BCUT2D eigenvalue weighted by atomic mass is 32.1. The van der Waals surface area contributed by atoms with Crippen LogP contribution in [0.1, 0.15) is 12.8 Å². The van der Waals surface area contributed by atoms with Gasteiger partial charge in [-0.2, -0.15) is 0 Å². The van der Waals surface area contributed by atoms with Crippen molar-refractivity contribution in [3.63, 3.8) is 0 Å². The van der Waals surface area contributed by atoms with Crippen LogP contribution in [0.3, 0.4) is 0 Å². The standard InChI is InChI=1S/C13H15FN2OS/c14-10-1-2-12-11(7-10)15-13(18)16(12)8-9-3-5-17-6-4-9/h1-2,7,9H,3-6,8H2,(H,15,18). The molecule has 0 atom stereocenters. The topological polar surface area (TPSA) is 29.9 Å². The Morgan fingerprint density at radius 2 is 2.17 bits per heavy atom. The lowest BCUT2D eigenvalue weighted by molar-refractivity contribution is 0.0615. The summed E-state index contributed by atoms with van der Waals surface area (Å²) < 4.78 is 21.3. The number of hydrogen-bond donors (Lipinski definition) is 1. The van der Waals surface area contributed by atoms with E-state index in [9.17, 15) is 4.39 Å². The van der Waals surface area contributed by atoms with Gasteiger partial charge < -0.3 is 14.3 Å². The van der Waals surface area contributed by atoms with Gasteiger partial charge in [0.2, 0.25) is 0 Å². The lowest BCUT2D eigenvalue weighted by Gasteiger charge is -2.22. The summed E-state index contributed by atoms with van der Waals surface area (Å²) >= 11 is 5.32. The summed E-state index contributed by atoms with van der Waals surface area (Å²) in [4.78, 5) is 3.06. The molecule has 1 saturated heterocycles. The van der Waals surface area contributed by atoms with Crippen molar-refractivity contribution in [3.8, 4) is 0 Å². The quantitative estimate of drug-likeness (QED) is 0.846. The van der Waals surface area contributed by atoms with Crippen molar-refractivity contribution < 1.29 is 9.13 Å². The molecule has 1 N–H and O–H groups in total. The van der Waals surface area contributed by atoms with Crippen LogP contribution >= 0.6 is 12.2 Å². The molecule has 1 fully saturated rings. The second kappa shape index (κ2) is 4.82. The fourth-order valence-electron chi connectivity index (χ4n) is 2.50. The molecule has 0 bridgehead atoms. The minimum Gasteiger partial charge on any atom is -0.381 e. The number of ether oxygens (including phenoxy) is 1. The number of nitrogens with one attached hydrogen (secondary N) is 1. The van der Waals surface area contributed by atoms with Gasteiger partial charge in [-0.05, 0) is 49.2 Å². The molecule has 0 amide bonds. The molecule has 96 valence electrons. The van der Waals surface area contributed by atoms with Gasteiger partial charge in [0.15, 0.2) is 4.77 Å². The fourth-order valence-corrected chi connectivity index (χ4v) is 2.79. The lowest BCUT2D eigenvalue weighted by Crippen LogP contribution is -2.20. The molecule has 2 heterocycles. The molecule has 0 saturated carbocycles.